The summed E-state index contributed by atoms with van der Waals surface area (Å²) >= 11 is 0. The van der Waals surface area contributed by atoms with Gasteiger partial charge >= 0.3 is 0 Å². The first-order chi connectivity index (χ1) is 5.43. The van der Waals surface area contributed by atoms with Crippen molar-refractivity contribution in [1.82, 2.24) is 10.2 Å². The predicted molar refractivity (Wildman–Crippen MR) is 50.7 cm³/mol. The molecule has 0 spiro atoms. The molecule has 0 fully saturated rings. The molecule has 0 saturated heterocycles. The number of hydrogen-bond acceptors (Lipinski definition) is 3. The van der Waals surface area contributed by atoms with E-state index in [0.29, 0.717) is 6.04 Å². The molecule has 0 aromatic heterocycles. The molecule has 0 unspecified atom stereocenters. The Morgan fingerprint density at radius 2 is 1.92 bits per heavy atom. The molecule has 0 aliphatic carbocycles. The molecule has 0 atom stereocenters. The Morgan fingerprint density at radius 3 is 2.17 bits per heavy atom. The molecular weight excluding hydrogens is 152 g/mol. The van der Waals surface area contributed by atoms with Crippen molar-refractivity contribution in [3.8, 4) is 0 Å². The molecule has 70 valence electrons. The minimum atomic E-state index is 0.0619. The maximum Gasteiger partial charge on any atom is 0.156 e. The van der Waals surface area contributed by atoms with E-state index in [1.54, 1.807) is 13.0 Å². The van der Waals surface area contributed by atoms with Crippen LogP contribution in [0.2, 0.25) is 0 Å². The minimum absolute atomic E-state index is 0.0619. The first kappa shape index (κ1) is 11.0. The van der Waals surface area contributed by atoms with E-state index >= 15 is 0 Å². The van der Waals surface area contributed by atoms with Gasteiger partial charge in [-0.1, -0.05) is 0 Å². The Labute approximate surface area is 74.4 Å². The average Bonchev–Trinajstić information content (AvgIpc) is 1.83. The van der Waals surface area contributed by atoms with Crippen LogP contribution in [0.5, 0.6) is 0 Å². The van der Waals surface area contributed by atoms with Crippen LogP contribution in [0.25, 0.3) is 0 Å². The second-order valence-electron chi connectivity index (χ2n) is 3.33. The van der Waals surface area contributed by atoms with Gasteiger partial charge in [0.15, 0.2) is 5.78 Å². The molecule has 3 nitrogen and oxygen atoms in total. The van der Waals surface area contributed by atoms with Crippen LogP contribution in [0.1, 0.15) is 20.8 Å². The third kappa shape index (κ3) is 4.77. The van der Waals surface area contributed by atoms with E-state index in [-0.39, 0.29) is 5.78 Å². The van der Waals surface area contributed by atoms with Crippen molar-refractivity contribution in [2.75, 3.05) is 14.1 Å². The first-order valence-corrected chi connectivity index (χ1v) is 4.09. The largest absolute Gasteiger partial charge is 0.369 e. The van der Waals surface area contributed by atoms with Gasteiger partial charge in [-0.3, -0.25) is 4.79 Å². The molecule has 0 heterocycles. The molecule has 0 saturated carbocycles. The lowest BCUT2D eigenvalue weighted by Gasteiger charge is -2.20. The third-order valence-electron chi connectivity index (χ3n) is 1.26. The highest BCUT2D eigenvalue weighted by Gasteiger charge is 2.01. The van der Waals surface area contributed by atoms with Crippen LogP contribution in [0.4, 0.5) is 0 Å². The molecule has 0 amide bonds. The molecule has 0 rings (SSSR count). The summed E-state index contributed by atoms with van der Waals surface area (Å²) in [6.45, 7) is 5.63. The van der Waals surface area contributed by atoms with E-state index in [0.717, 1.165) is 5.82 Å². The predicted octanol–water partition coefficient (Wildman–Crippen LogP) is 0.976. The van der Waals surface area contributed by atoms with E-state index in [9.17, 15) is 4.79 Å². The van der Waals surface area contributed by atoms with Crippen LogP contribution < -0.4 is 5.32 Å². The van der Waals surface area contributed by atoms with Crippen LogP contribution in [0, 0.1) is 0 Å². The van der Waals surface area contributed by atoms with E-state index < -0.39 is 0 Å². The fraction of sp³-hybridized carbons (Fsp3) is 0.667. The summed E-state index contributed by atoms with van der Waals surface area (Å²) in [7, 11) is 3.81. The highest BCUT2D eigenvalue weighted by atomic mass is 16.1. The van der Waals surface area contributed by atoms with Crippen molar-refractivity contribution in [3.05, 3.63) is 11.9 Å². The number of rotatable bonds is 4. The molecular formula is C9H18N2O. The zero-order valence-electron chi connectivity index (χ0n) is 8.51. The van der Waals surface area contributed by atoms with Crippen LogP contribution in [-0.2, 0) is 4.79 Å². The van der Waals surface area contributed by atoms with Crippen molar-refractivity contribution in [1.29, 1.82) is 0 Å². The Kier molecular flexibility index (Phi) is 4.40. The van der Waals surface area contributed by atoms with Crippen molar-refractivity contribution in [2.24, 2.45) is 0 Å². The number of carbonyl (C=O) groups excluding carboxylic acids is 1. The molecule has 1 N–H and O–H groups in total. The third-order valence-corrected chi connectivity index (χ3v) is 1.26. The molecule has 0 radical (unpaired) electrons. The summed E-state index contributed by atoms with van der Waals surface area (Å²) < 4.78 is 0. The first-order valence-electron chi connectivity index (χ1n) is 4.09. The molecule has 0 aliphatic heterocycles. The van der Waals surface area contributed by atoms with Gasteiger partial charge < -0.3 is 10.2 Å². The number of allylic oxidation sites excluding steroid dienone is 1. The average molecular weight is 170 g/mol. The fourth-order valence-corrected chi connectivity index (χ4v) is 0.788. The van der Waals surface area contributed by atoms with Crippen LogP contribution in [0.3, 0.4) is 0 Å². The Hall–Kier alpha value is -0.990. The normalized spacial score (nSPS) is 11.7. The second-order valence-corrected chi connectivity index (χ2v) is 3.33. The minimum Gasteiger partial charge on any atom is -0.369 e. The molecule has 3 heteroatoms. The lowest BCUT2D eigenvalue weighted by Crippen LogP contribution is -2.31. The highest BCUT2D eigenvalue weighted by molar-refractivity contribution is 5.87. The smallest absolute Gasteiger partial charge is 0.156 e. The topological polar surface area (TPSA) is 32.3 Å². The maximum absolute atomic E-state index is 10.8. The maximum atomic E-state index is 10.8. The zero-order valence-corrected chi connectivity index (χ0v) is 8.51. The second kappa shape index (κ2) is 4.80. The quantitative estimate of drug-likeness (QED) is 0.638. The van der Waals surface area contributed by atoms with Gasteiger partial charge in [0.25, 0.3) is 0 Å². The van der Waals surface area contributed by atoms with Crippen molar-refractivity contribution < 1.29 is 4.79 Å². The Bertz CT molecular complexity index is 183. The molecule has 0 aliphatic rings. The lowest BCUT2D eigenvalue weighted by atomic mass is 10.3. The molecule has 0 bridgehead atoms. The van der Waals surface area contributed by atoms with Gasteiger partial charge in [-0.15, -0.1) is 0 Å². The number of ketones is 1. The van der Waals surface area contributed by atoms with Gasteiger partial charge in [0.1, 0.15) is 5.82 Å². The van der Waals surface area contributed by atoms with Gasteiger partial charge in [-0.2, -0.15) is 0 Å². The summed E-state index contributed by atoms with van der Waals surface area (Å²) in [5, 5.41) is 3.18. The van der Waals surface area contributed by atoms with E-state index in [4.69, 9.17) is 0 Å². The van der Waals surface area contributed by atoms with Crippen LogP contribution in [0.15, 0.2) is 11.9 Å². The van der Waals surface area contributed by atoms with Gasteiger partial charge in [0.05, 0.1) is 0 Å². The highest BCUT2D eigenvalue weighted by Crippen LogP contribution is 1.95. The van der Waals surface area contributed by atoms with Crippen molar-refractivity contribution >= 4 is 5.78 Å². The van der Waals surface area contributed by atoms with Gasteiger partial charge in [0, 0.05) is 26.2 Å². The summed E-state index contributed by atoms with van der Waals surface area (Å²) in [5.74, 6) is 0.921. The number of carbonyl (C=O) groups is 1. The van der Waals surface area contributed by atoms with Crippen LogP contribution >= 0.6 is 0 Å². The van der Waals surface area contributed by atoms with Gasteiger partial charge in [0.2, 0.25) is 0 Å². The Balaban J connectivity index is 4.33. The van der Waals surface area contributed by atoms with Crippen molar-refractivity contribution in [3.63, 3.8) is 0 Å². The van der Waals surface area contributed by atoms with E-state index in [1.165, 1.54) is 0 Å². The number of nitrogens with one attached hydrogen (secondary N) is 1. The van der Waals surface area contributed by atoms with Crippen molar-refractivity contribution in [2.45, 2.75) is 26.8 Å². The zero-order chi connectivity index (χ0) is 9.72. The van der Waals surface area contributed by atoms with Gasteiger partial charge in [-0.25, -0.2) is 0 Å². The standard InChI is InChI=1S/C9H18N2O/c1-7(2)10-9(11(4)5)6-8(3)12/h6-7,10H,1-5H3. The lowest BCUT2D eigenvalue weighted by molar-refractivity contribution is -0.112. The molecule has 0 aromatic carbocycles. The van der Waals surface area contributed by atoms with E-state index in [1.807, 2.05) is 32.8 Å². The summed E-state index contributed by atoms with van der Waals surface area (Å²) in [6, 6.07) is 0.345. The van der Waals surface area contributed by atoms with Gasteiger partial charge in [-0.05, 0) is 20.8 Å². The summed E-state index contributed by atoms with van der Waals surface area (Å²) in [5.41, 5.74) is 0. The molecule has 0 aromatic rings. The van der Waals surface area contributed by atoms with E-state index in [2.05, 4.69) is 5.32 Å². The SMILES string of the molecule is CC(=O)C=C(NC(C)C)N(C)C. The summed E-state index contributed by atoms with van der Waals surface area (Å²) in [4.78, 5) is 12.7. The number of nitrogens with zero attached hydrogens (tertiary/aromatic N) is 1. The monoisotopic (exact) mass is 170 g/mol. The fourth-order valence-electron chi connectivity index (χ4n) is 0.788. The Morgan fingerprint density at radius 1 is 1.42 bits per heavy atom. The van der Waals surface area contributed by atoms with Crippen LogP contribution in [-0.4, -0.2) is 30.8 Å². The number of hydrogen-bond donors (Lipinski definition) is 1. The molecule has 12 heavy (non-hydrogen) atoms. The summed E-state index contributed by atoms with van der Waals surface area (Å²) in [6.07, 6.45) is 1.60.